The molecule has 4 rings (SSSR count). The zero-order valence-corrected chi connectivity index (χ0v) is 14.0. The van der Waals surface area contributed by atoms with E-state index in [2.05, 4.69) is 9.97 Å². The topological polar surface area (TPSA) is 46.0 Å². The summed E-state index contributed by atoms with van der Waals surface area (Å²) in [5.41, 5.74) is 3.42. The number of phenols is 1. The highest BCUT2D eigenvalue weighted by molar-refractivity contribution is 5.85. The first kappa shape index (κ1) is 16.2. The van der Waals surface area contributed by atoms with Gasteiger partial charge < -0.3 is 5.11 Å². The fourth-order valence-corrected chi connectivity index (χ4v) is 3.29. The van der Waals surface area contributed by atoms with Crippen LogP contribution in [-0.2, 0) is 6.42 Å². The molecule has 4 heteroatoms. The number of halogens is 1. The lowest BCUT2D eigenvalue weighted by atomic mass is 9.85. The van der Waals surface area contributed by atoms with Crippen molar-refractivity contribution in [2.45, 2.75) is 12.3 Å². The second-order valence-electron chi connectivity index (χ2n) is 6.24. The third-order valence-electron chi connectivity index (χ3n) is 4.62. The van der Waals surface area contributed by atoms with Gasteiger partial charge in [0.15, 0.2) is 0 Å². The van der Waals surface area contributed by atoms with Gasteiger partial charge in [-0.2, -0.15) is 0 Å². The molecule has 2 aromatic heterocycles. The van der Waals surface area contributed by atoms with Crippen molar-refractivity contribution in [3.05, 3.63) is 102 Å². The van der Waals surface area contributed by atoms with Crippen LogP contribution in [0.3, 0.4) is 0 Å². The van der Waals surface area contributed by atoms with Gasteiger partial charge in [-0.3, -0.25) is 9.97 Å². The van der Waals surface area contributed by atoms with Crippen LogP contribution in [0.15, 0.2) is 79.3 Å². The molecule has 26 heavy (non-hydrogen) atoms. The van der Waals surface area contributed by atoms with Crippen LogP contribution in [0.2, 0.25) is 0 Å². The van der Waals surface area contributed by atoms with Crippen molar-refractivity contribution in [2.75, 3.05) is 0 Å². The van der Waals surface area contributed by atoms with Gasteiger partial charge in [-0.15, -0.1) is 0 Å². The first-order chi connectivity index (χ1) is 12.7. The van der Waals surface area contributed by atoms with Crippen LogP contribution in [0, 0.1) is 5.82 Å². The molecule has 1 N–H and O–H groups in total. The lowest BCUT2D eigenvalue weighted by molar-refractivity contribution is 0.469. The number of hydrogen-bond acceptors (Lipinski definition) is 3. The first-order valence-electron chi connectivity index (χ1n) is 8.43. The molecule has 0 aliphatic rings. The highest BCUT2D eigenvalue weighted by Crippen LogP contribution is 2.37. The van der Waals surface area contributed by atoms with Gasteiger partial charge in [-0.1, -0.05) is 30.3 Å². The predicted molar refractivity (Wildman–Crippen MR) is 99.6 cm³/mol. The molecule has 0 spiro atoms. The molecule has 0 aliphatic carbocycles. The average Bonchev–Trinajstić information content (AvgIpc) is 2.69. The fourth-order valence-electron chi connectivity index (χ4n) is 3.29. The number of benzene rings is 2. The zero-order chi connectivity index (χ0) is 17.9. The van der Waals surface area contributed by atoms with Gasteiger partial charge in [0.1, 0.15) is 17.1 Å². The highest BCUT2D eigenvalue weighted by atomic mass is 19.1. The maximum atomic E-state index is 13.3. The zero-order valence-electron chi connectivity index (χ0n) is 14.0. The number of fused-ring (bicyclic) bond motifs is 1. The minimum atomic E-state index is -0.257. The molecule has 1 unspecified atom stereocenters. The predicted octanol–water partition coefficient (Wildman–Crippen LogP) is 4.85. The average molecular weight is 344 g/mol. The molecule has 0 radical (unpaired) electrons. The number of pyridine rings is 2. The second-order valence-corrected chi connectivity index (χ2v) is 6.24. The standard InChI is InChI=1S/C22H17FN2O/c23-18-6-3-15(4-7-18)14-20(16-9-12-24-13-10-16)19-8-5-17-2-1-11-25-21(17)22(19)26/h1-13,20,26H,14H2. The number of rotatable bonds is 4. The number of nitrogens with zero attached hydrogens (tertiary/aromatic N) is 2. The van der Waals surface area contributed by atoms with Crippen molar-refractivity contribution in [3.63, 3.8) is 0 Å². The van der Waals surface area contributed by atoms with Crippen LogP contribution in [0.5, 0.6) is 5.75 Å². The van der Waals surface area contributed by atoms with E-state index in [0.29, 0.717) is 11.9 Å². The fraction of sp³-hybridized carbons (Fsp3) is 0.0909. The van der Waals surface area contributed by atoms with Gasteiger partial charge in [0.05, 0.1) is 0 Å². The van der Waals surface area contributed by atoms with Crippen LogP contribution in [0.1, 0.15) is 22.6 Å². The summed E-state index contributed by atoms with van der Waals surface area (Å²) >= 11 is 0. The first-order valence-corrected chi connectivity index (χ1v) is 8.43. The molecule has 0 saturated heterocycles. The summed E-state index contributed by atoms with van der Waals surface area (Å²) in [6.45, 7) is 0. The Morgan fingerprint density at radius 3 is 2.42 bits per heavy atom. The Morgan fingerprint density at radius 2 is 1.65 bits per heavy atom. The molecule has 0 amide bonds. The Balaban J connectivity index is 1.83. The van der Waals surface area contributed by atoms with Gasteiger partial charge in [0.25, 0.3) is 0 Å². The smallest absolute Gasteiger partial charge is 0.145 e. The van der Waals surface area contributed by atoms with Crippen molar-refractivity contribution in [3.8, 4) is 5.75 Å². The van der Waals surface area contributed by atoms with Crippen molar-refractivity contribution < 1.29 is 9.50 Å². The third-order valence-corrected chi connectivity index (χ3v) is 4.62. The van der Waals surface area contributed by atoms with E-state index in [0.717, 1.165) is 22.1 Å². The maximum Gasteiger partial charge on any atom is 0.145 e. The van der Waals surface area contributed by atoms with E-state index in [-0.39, 0.29) is 17.5 Å². The van der Waals surface area contributed by atoms with Crippen molar-refractivity contribution in [2.24, 2.45) is 0 Å². The molecule has 2 aromatic carbocycles. The van der Waals surface area contributed by atoms with Gasteiger partial charge in [0.2, 0.25) is 0 Å². The largest absolute Gasteiger partial charge is 0.505 e. The molecular weight excluding hydrogens is 327 g/mol. The van der Waals surface area contributed by atoms with Gasteiger partial charge in [-0.25, -0.2) is 4.39 Å². The highest BCUT2D eigenvalue weighted by Gasteiger charge is 2.20. The molecular formula is C22H17FN2O. The van der Waals surface area contributed by atoms with Crippen LogP contribution in [-0.4, -0.2) is 15.1 Å². The molecule has 128 valence electrons. The summed E-state index contributed by atoms with van der Waals surface area (Å²) in [5.74, 6) is -0.158. The minimum absolute atomic E-state index is 0.0881. The van der Waals surface area contributed by atoms with E-state index in [1.54, 1.807) is 30.7 Å². The Bertz CT molecular complexity index is 1030. The number of hydrogen-bond donors (Lipinski definition) is 1. The Morgan fingerprint density at radius 1 is 0.885 bits per heavy atom. The molecule has 0 saturated carbocycles. The van der Waals surface area contributed by atoms with E-state index in [1.807, 2.05) is 36.4 Å². The summed E-state index contributed by atoms with van der Waals surface area (Å²) in [5, 5.41) is 11.8. The van der Waals surface area contributed by atoms with Crippen molar-refractivity contribution in [1.29, 1.82) is 0 Å². The van der Waals surface area contributed by atoms with Gasteiger partial charge in [0, 0.05) is 35.5 Å². The van der Waals surface area contributed by atoms with E-state index in [1.165, 1.54) is 12.1 Å². The summed E-state index contributed by atoms with van der Waals surface area (Å²) < 4.78 is 13.3. The van der Waals surface area contributed by atoms with Gasteiger partial charge in [-0.05, 0) is 47.9 Å². The maximum absolute atomic E-state index is 13.3. The summed E-state index contributed by atoms with van der Waals surface area (Å²) in [6, 6.07) is 18.0. The van der Waals surface area contributed by atoms with E-state index >= 15 is 0 Å². The monoisotopic (exact) mass is 344 g/mol. The van der Waals surface area contributed by atoms with Crippen molar-refractivity contribution in [1.82, 2.24) is 9.97 Å². The number of aromatic hydroxyl groups is 1. The summed E-state index contributed by atoms with van der Waals surface area (Å²) in [7, 11) is 0. The second kappa shape index (κ2) is 6.92. The lowest BCUT2D eigenvalue weighted by Gasteiger charge is -2.20. The Labute approximate surface area is 150 Å². The normalized spacial score (nSPS) is 12.2. The molecule has 0 fully saturated rings. The van der Waals surface area contributed by atoms with Crippen molar-refractivity contribution >= 4 is 10.9 Å². The Kier molecular flexibility index (Phi) is 4.32. The van der Waals surface area contributed by atoms with Gasteiger partial charge >= 0.3 is 0 Å². The molecule has 3 nitrogen and oxygen atoms in total. The lowest BCUT2D eigenvalue weighted by Crippen LogP contribution is -2.06. The number of phenolic OH excluding ortho intramolecular Hbond substituents is 1. The van der Waals surface area contributed by atoms with E-state index < -0.39 is 0 Å². The van der Waals surface area contributed by atoms with Crippen LogP contribution >= 0.6 is 0 Å². The quantitative estimate of drug-likeness (QED) is 0.576. The van der Waals surface area contributed by atoms with Crippen LogP contribution in [0.4, 0.5) is 4.39 Å². The molecule has 4 aromatic rings. The van der Waals surface area contributed by atoms with Crippen LogP contribution in [0.25, 0.3) is 10.9 Å². The molecule has 0 aliphatic heterocycles. The van der Waals surface area contributed by atoms with Crippen LogP contribution < -0.4 is 0 Å². The Hall–Kier alpha value is -3.27. The SMILES string of the molecule is Oc1c(C(Cc2ccc(F)cc2)c2ccncc2)ccc2cccnc12. The minimum Gasteiger partial charge on any atom is -0.505 e. The summed E-state index contributed by atoms with van der Waals surface area (Å²) in [4.78, 5) is 8.41. The third kappa shape index (κ3) is 3.14. The van der Waals surface area contributed by atoms with E-state index in [9.17, 15) is 9.50 Å². The van der Waals surface area contributed by atoms with E-state index in [4.69, 9.17) is 0 Å². The molecule has 1 atom stereocenters. The number of aromatic nitrogens is 2. The summed E-state index contributed by atoms with van der Waals surface area (Å²) in [6.07, 6.45) is 5.79. The molecule has 2 heterocycles. The molecule has 0 bridgehead atoms.